The van der Waals surface area contributed by atoms with E-state index >= 15 is 0 Å². The molecule has 1 aromatic heterocycles. The molecule has 1 aromatic carbocycles. The second-order valence-electron chi connectivity index (χ2n) is 7.10. The normalized spacial score (nSPS) is 19.1. The van der Waals surface area contributed by atoms with Crippen LogP contribution in [-0.4, -0.2) is 29.0 Å². The molecule has 0 saturated carbocycles. The van der Waals surface area contributed by atoms with Crippen LogP contribution >= 0.6 is 0 Å². The Balaban J connectivity index is 1.44. The summed E-state index contributed by atoms with van der Waals surface area (Å²) in [6, 6.07) is 5.64. The van der Waals surface area contributed by atoms with Gasteiger partial charge in [-0.05, 0) is 43.4 Å². The van der Waals surface area contributed by atoms with E-state index in [1.54, 1.807) is 0 Å². The summed E-state index contributed by atoms with van der Waals surface area (Å²) in [5.41, 5.74) is 3.36. The molecule has 0 saturated heterocycles. The van der Waals surface area contributed by atoms with E-state index in [0.29, 0.717) is 13.2 Å². The highest BCUT2D eigenvalue weighted by molar-refractivity contribution is 5.75. The second-order valence-corrected chi connectivity index (χ2v) is 7.10. The van der Waals surface area contributed by atoms with Gasteiger partial charge in [-0.2, -0.15) is 5.10 Å². The van der Waals surface area contributed by atoms with Gasteiger partial charge in [0.1, 0.15) is 13.2 Å². The largest absolute Gasteiger partial charge is 0.486 e. The molecule has 0 radical (unpaired) electrons. The van der Waals surface area contributed by atoms with Crippen molar-refractivity contribution in [2.45, 2.75) is 44.7 Å². The number of hydrogen-bond acceptors (Lipinski definition) is 4. The zero-order chi connectivity index (χ0) is 18.8. The van der Waals surface area contributed by atoms with Crippen LogP contribution in [0.4, 0.5) is 4.79 Å². The van der Waals surface area contributed by atoms with E-state index in [2.05, 4.69) is 22.7 Å². The molecule has 2 aliphatic rings. The van der Waals surface area contributed by atoms with Gasteiger partial charge < -0.3 is 20.1 Å². The highest BCUT2D eigenvalue weighted by atomic mass is 16.6. The molecule has 7 nitrogen and oxygen atoms in total. The molecule has 7 heteroatoms. The van der Waals surface area contributed by atoms with Crippen LogP contribution in [0.2, 0.25) is 0 Å². The molecule has 2 aromatic rings. The van der Waals surface area contributed by atoms with Gasteiger partial charge >= 0.3 is 6.03 Å². The Morgan fingerprint density at radius 3 is 2.96 bits per heavy atom. The Hall–Kier alpha value is -2.70. The number of amides is 2. The predicted octanol–water partition coefficient (Wildman–Crippen LogP) is 3.02. The highest BCUT2D eigenvalue weighted by Gasteiger charge is 2.25. The number of hydrogen-bond donors (Lipinski definition) is 2. The van der Waals surface area contributed by atoms with Gasteiger partial charge in [-0.15, -0.1) is 0 Å². The van der Waals surface area contributed by atoms with Crippen molar-refractivity contribution in [3.05, 3.63) is 41.2 Å². The number of fused-ring (bicyclic) bond motifs is 2. The van der Waals surface area contributed by atoms with Gasteiger partial charge in [0.15, 0.2) is 11.5 Å². The number of nitrogens with one attached hydrogen (secondary N) is 2. The molecule has 0 spiro atoms. The molecule has 27 heavy (non-hydrogen) atoms. The SMILES string of the molecule is CC[C@@H](NC(=O)N[C@H]1CCCc2c1cnn2C)c1ccc2c(c1)OCCO2. The molecule has 144 valence electrons. The molecule has 2 N–H and O–H groups in total. The van der Waals surface area contributed by atoms with E-state index in [0.717, 1.165) is 48.3 Å². The lowest BCUT2D eigenvalue weighted by Crippen LogP contribution is -2.40. The number of rotatable bonds is 4. The van der Waals surface area contributed by atoms with E-state index in [4.69, 9.17) is 9.47 Å². The van der Waals surface area contributed by atoms with Gasteiger partial charge in [0.2, 0.25) is 0 Å². The molecule has 1 aliphatic carbocycles. The maximum Gasteiger partial charge on any atom is 0.315 e. The Labute approximate surface area is 159 Å². The Morgan fingerprint density at radius 1 is 1.33 bits per heavy atom. The van der Waals surface area contributed by atoms with Gasteiger partial charge in [0, 0.05) is 18.3 Å². The molecule has 2 atom stereocenters. The molecule has 2 heterocycles. The summed E-state index contributed by atoms with van der Waals surface area (Å²) in [5, 5.41) is 10.6. The average Bonchev–Trinajstić information content (AvgIpc) is 3.08. The maximum absolute atomic E-state index is 12.7. The van der Waals surface area contributed by atoms with Crippen molar-refractivity contribution < 1.29 is 14.3 Å². The lowest BCUT2D eigenvalue weighted by atomic mass is 9.93. The van der Waals surface area contributed by atoms with E-state index in [1.165, 1.54) is 5.69 Å². The van der Waals surface area contributed by atoms with Crippen LogP contribution in [0.25, 0.3) is 0 Å². The fraction of sp³-hybridized carbons (Fsp3) is 0.500. The summed E-state index contributed by atoms with van der Waals surface area (Å²) in [6.07, 6.45) is 5.66. The number of carbonyl (C=O) groups excluding carboxylic acids is 1. The van der Waals surface area contributed by atoms with Crippen LogP contribution in [0, 0.1) is 0 Å². The predicted molar refractivity (Wildman–Crippen MR) is 101 cm³/mol. The van der Waals surface area contributed by atoms with Crippen LogP contribution in [0.5, 0.6) is 11.5 Å². The van der Waals surface area contributed by atoms with Gasteiger partial charge in [0.05, 0.1) is 18.3 Å². The van der Waals surface area contributed by atoms with Crippen LogP contribution in [0.3, 0.4) is 0 Å². The van der Waals surface area contributed by atoms with Gasteiger partial charge in [-0.1, -0.05) is 13.0 Å². The minimum atomic E-state index is -0.154. The van der Waals surface area contributed by atoms with E-state index in [1.807, 2.05) is 36.1 Å². The zero-order valence-corrected chi connectivity index (χ0v) is 15.8. The van der Waals surface area contributed by atoms with Crippen LogP contribution in [0.1, 0.15) is 55.1 Å². The third kappa shape index (κ3) is 3.59. The monoisotopic (exact) mass is 370 g/mol. The minimum absolute atomic E-state index is 0.0141. The number of aromatic nitrogens is 2. The van der Waals surface area contributed by atoms with Crippen molar-refractivity contribution >= 4 is 6.03 Å². The standard InChI is InChI=1S/C20H26N4O3/c1-3-15(13-7-8-18-19(11-13)27-10-9-26-18)22-20(25)23-16-5-4-6-17-14(16)12-21-24(17)2/h7-8,11-12,15-16H,3-6,9-10H2,1-2H3,(H2,22,23,25)/t15-,16+/m1/s1. The van der Waals surface area contributed by atoms with Crippen molar-refractivity contribution in [3.63, 3.8) is 0 Å². The van der Waals surface area contributed by atoms with Crippen molar-refractivity contribution in [1.82, 2.24) is 20.4 Å². The van der Waals surface area contributed by atoms with Crippen molar-refractivity contribution in [3.8, 4) is 11.5 Å². The van der Waals surface area contributed by atoms with Crippen molar-refractivity contribution in [2.75, 3.05) is 13.2 Å². The molecule has 4 rings (SSSR count). The zero-order valence-electron chi connectivity index (χ0n) is 15.8. The molecule has 0 unspecified atom stereocenters. The lowest BCUT2D eigenvalue weighted by Gasteiger charge is -2.26. The average molecular weight is 370 g/mol. The number of urea groups is 1. The number of aryl methyl sites for hydroxylation is 1. The summed E-state index contributed by atoms with van der Waals surface area (Å²) >= 11 is 0. The third-order valence-corrected chi connectivity index (χ3v) is 5.36. The fourth-order valence-electron chi connectivity index (χ4n) is 3.91. The minimum Gasteiger partial charge on any atom is -0.486 e. The third-order valence-electron chi connectivity index (χ3n) is 5.36. The molecular formula is C20H26N4O3. The molecule has 0 bridgehead atoms. The molecule has 2 amide bonds. The number of nitrogens with zero attached hydrogens (tertiary/aromatic N) is 2. The van der Waals surface area contributed by atoms with E-state index < -0.39 is 0 Å². The maximum atomic E-state index is 12.7. The Bertz CT molecular complexity index is 833. The summed E-state index contributed by atoms with van der Waals surface area (Å²) in [6.45, 7) is 3.18. The topological polar surface area (TPSA) is 77.4 Å². The van der Waals surface area contributed by atoms with E-state index in [9.17, 15) is 4.79 Å². The Kier molecular flexibility index (Phi) is 4.92. The van der Waals surface area contributed by atoms with Crippen molar-refractivity contribution in [1.29, 1.82) is 0 Å². The summed E-state index contributed by atoms with van der Waals surface area (Å²) in [5.74, 6) is 1.50. The number of carbonyl (C=O) groups is 1. The van der Waals surface area contributed by atoms with Crippen LogP contribution < -0.4 is 20.1 Å². The quantitative estimate of drug-likeness (QED) is 0.867. The smallest absolute Gasteiger partial charge is 0.315 e. The lowest BCUT2D eigenvalue weighted by molar-refractivity contribution is 0.171. The summed E-state index contributed by atoms with van der Waals surface area (Å²) in [7, 11) is 1.95. The van der Waals surface area contributed by atoms with Crippen LogP contribution in [-0.2, 0) is 13.5 Å². The molecular weight excluding hydrogens is 344 g/mol. The fourth-order valence-corrected chi connectivity index (χ4v) is 3.91. The Morgan fingerprint density at radius 2 is 2.15 bits per heavy atom. The van der Waals surface area contributed by atoms with Crippen LogP contribution in [0.15, 0.2) is 24.4 Å². The van der Waals surface area contributed by atoms with Gasteiger partial charge in [-0.25, -0.2) is 4.79 Å². The summed E-state index contributed by atoms with van der Waals surface area (Å²) < 4.78 is 13.1. The first-order valence-electron chi connectivity index (χ1n) is 9.63. The number of ether oxygens (including phenoxy) is 2. The first-order valence-corrected chi connectivity index (χ1v) is 9.63. The van der Waals surface area contributed by atoms with Gasteiger partial charge in [0.25, 0.3) is 0 Å². The van der Waals surface area contributed by atoms with E-state index in [-0.39, 0.29) is 18.1 Å². The van der Waals surface area contributed by atoms with Crippen molar-refractivity contribution in [2.24, 2.45) is 7.05 Å². The first-order chi connectivity index (χ1) is 13.2. The molecule has 0 fully saturated rings. The second kappa shape index (κ2) is 7.50. The molecule has 1 aliphatic heterocycles. The highest BCUT2D eigenvalue weighted by Crippen LogP contribution is 2.33. The van der Waals surface area contributed by atoms with Gasteiger partial charge in [-0.3, -0.25) is 4.68 Å². The first kappa shape index (κ1) is 17.7. The summed E-state index contributed by atoms with van der Waals surface area (Å²) in [4.78, 5) is 12.7. The number of benzene rings is 1.